The number of rotatable bonds is 5. The van der Waals surface area contributed by atoms with Crippen molar-refractivity contribution in [3.8, 4) is 0 Å². The van der Waals surface area contributed by atoms with Gasteiger partial charge in [-0.05, 0) is 18.1 Å². The van der Waals surface area contributed by atoms with Gasteiger partial charge < -0.3 is 10.1 Å². The summed E-state index contributed by atoms with van der Waals surface area (Å²) in [6, 6.07) is 17.8. The molecule has 0 radical (unpaired) electrons. The van der Waals surface area contributed by atoms with E-state index in [0.717, 1.165) is 16.0 Å². The van der Waals surface area contributed by atoms with Crippen LogP contribution in [-0.4, -0.2) is 35.5 Å². The Morgan fingerprint density at radius 1 is 1.11 bits per heavy atom. The molecule has 0 aromatic heterocycles. The van der Waals surface area contributed by atoms with Crippen LogP contribution < -0.4 is 5.32 Å². The third-order valence-corrected chi connectivity index (χ3v) is 4.87. The molecule has 2 aromatic carbocycles. The van der Waals surface area contributed by atoms with E-state index < -0.39 is 23.4 Å². The maximum absolute atomic E-state index is 12.8. The van der Waals surface area contributed by atoms with Crippen LogP contribution >= 0.6 is 0 Å². The molecule has 0 aliphatic carbocycles. The first-order chi connectivity index (χ1) is 13.0. The highest BCUT2D eigenvalue weighted by Crippen LogP contribution is 2.37. The normalized spacial score (nSPS) is 19.8. The number of likely N-dealkylation sites (tertiary alicyclic amines) is 1. The Bertz CT molecular complexity index is 838. The zero-order chi connectivity index (χ0) is 19.4. The van der Waals surface area contributed by atoms with Crippen molar-refractivity contribution in [3.05, 3.63) is 71.8 Å². The molecular weight excluding hydrogens is 344 g/mol. The summed E-state index contributed by atoms with van der Waals surface area (Å²) < 4.78 is 4.94. The van der Waals surface area contributed by atoms with Crippen molar-refractivity contribution < 1.29 is 19.1 Å². The van der Waals surface area contributed by atoms with Gasteiger partial charge in [-0.2, -0.15) is 0 Å². The first-order valence-corrected chi connectivity index (χ1v) is 8.79. The topological polar surface area (TPSA) is 75.7 Å². The fourth-order valence-corrected chi connectivity index (χ4v) is 3.44. The van der Waals surface area contributed by atoms with Crippen LogP contribution in [0.4, 0.5) is 4.79 Å². The Balaban J connectivity index is 1.83. The Morgan fingerprint density at radius 3 is 2.26 bits per heavy atom. The Hall–Kier alpha value is -3.15. The van der Waals surface area contributed by atoms with Gasteiger partial charge in [0.2, 0.25) is 5.91 Å². The molecule has 0 unspecified atom stereocenters. The average Bonchev–Trinajstić information content (AvgIpc) is 2.67. The number of ether oxygens (including phenoxy) is 1. The van der Waals surface area contributed by atoms with Crippen LogP contribution in [0, 0.1) is 0 Å². The van der Waals surface area contributed by atoms with Gasteiger partial charge in [0.1, 0.15) is 0 Å². The summed E-state index contributed by atoms with van der Waals surface area (Å²) in [6.07, 6.45) is 0.168. The number of urea groups is 1. The van der Waals surface area contributed by atoms with E-state index in [2.05, 4.69) is 5.32 Å². The fraction of sp³-hybridized carbons (Fsp3) is 0.286. The molecule has 1 heterocycles. The maximum atomic E-state index is 12.8. The lowest BCUT2D eigenvalue weighted by atomic mass is 9.78. The smallest absolute Gasteiger partial charge is 0.333 e. The minimum atomic E-state index is -1.31. The summed E-state index contributed by atoms with van der Waals surface area (Å²) in [6.45, 7) is 1.83. The molecule has 6 heteroatoms. The Kier molecular flexibility index (Phi) is 5.26. The first-order valence-electron chi connectivity index (χ1n) is 8.79. The summed E-state index contributed by atoms with van der Waals surface area (Å²) in [5, 5.41) is 2.81. The second kappa shape index (κ2) is 7.61. The zero-order valence-electron chi connectivity index (χ0n) is 15.3. The average molecular weight is 366 g/mol. The van der Waals surface area contributed by atoms with Gasteiger partial charge in [0, 0.05) is 6.42 Å². The van der Waals surface area contributed by atoms with Crippen LogP contribution in [0.2, 0.25) is 0 Å². The Morgan fingerprint density at radius 2 is 1.70 bits per heavy atom. The maximum Gasteiger partial charge on any atom is 0.333 e. The quantitative estimate of drug-likeness (QED) is 0.652. The fourth-order valence-electron chi connectivity index (χ4n) is 3.44. The summed E-state index contributed by atoms with van der Waals surface area (Å²) in [5.41, 5.74) is 0.447. The lowest BCUT2D eigenvalue weighted by Crippen LogP contribution is -2.72. The highest BCUT2D eigenvalue weighted by molar-refractivity contribution is 6.09. The van der Waals surface area contributed by atoms with Crippen LogP contribution in [0.3, 0.4) is 0 Å². The lowest BCUT2D eigenvalue weighted by Gasteiger charge is -2.48. The molecule has 0 spiro atoms. The van der Waals surface area contributed by atoms with Gasteiger partial charge in [-0.15, -0.1) is 0 Å². The first kappa shape index (κ1) is 18.6. The standard InChI is InChI=1S/C21H22N2O4/c1-15(17-11-7-4-8-12-17)22-20(26)23-18(24)14-21(23,19(25)27-2)13-16-9-5-3-6-10-16/h3-12,15H,13-14H2,1-2H3,(H,22,26)/t15-,21+/m1/s1. The van der Waals surface area contributed by atoms with Gasteiger partial charge in [-0.1, -0.05) is 60.7 Å². The van der Waals surface area contributed by atoms with Crippen molar-refractivity contribution in [1.82, 2.24) is 10.2 Å². The molecule has 1 aliphatic rings. The van der Waals surface area contributed by atoms with E-state index in [-0.39, 0.29) is 18.9 Å². The van der Waals surface area contributed by atoms with Crippen molar-refractivity contribution in [1.29, 1.82) is 0 Å². The van der Waals surface area contributed by atoms with E-state index in [1.807, 2.05) is 67.6 Å². The third kappa shape index (κ3) is 3.56. The van der Waals surface area contributed by atoms with E-state index in [1.165, 1.54) is 7.11 Å². The predicted molar refractivity (Wildman–Crippen MR) is 99.7 cm³/mol. The molecule has 2 atom stereocenters. The summed E-state index contributed by atoms with van der Waals surface area (Å²) >= 11 is 0. The SMILES string of the molecule is COC(=O)[C@]1(Cc2ccccc2)CC(=O)N1C(=O)N[C@H](C)c1ccccc1. The molecule has 3 amide bonds. The molecule has 1 fully saturated rings. The van der Waals surface area contributed by atoms with Crippen LogP contribution in [-0.2, 0) is 20.7 Å². The van der Waals surface area contributed by atoms with E-state index in [0.29, 0.717) is 0 Å². The second-order valence-electron chi connectivity index (χ2n) is 6.67. The minimum absolute atomic E-state index is 0.0539. The third-order valence-electron chi connectivity index (χ3n) is 4.87. The van der Waals surface area contributed by atoms with Crippen LogP contribution in [0.15, 0.2) is 60.7 Å². The van der Waals surface area contributed by atoms with Gasteiger partial charge >= 0.3 is 12.0 Å². The number of benzene rings is 2. The number of β-lactam (4-membered cyclic amide) rings is 1. The van der Waals surface area contributed by atoms with Gasteiger partial charge in [-0.25, -0.2) is 14.5 Å². The summed E-state index contributed by atoms with van der Waals surface area (Å²) in [5.74, 6) is -0.984. The van der Waals surface area contributed by atoms with E-state index in [4.69, 9.17) is 4.74 Å². The second-order valence-corrected chi connectivity index (χ2v) is 6.67. The highest BCUT2D eigenvalue weighted by atomic mass is 16.5. The largest absolute Gasteiger partial charge is 0.467 e. The number of esters is 1. The summed E-state index contributed by atoms with van der Waals surface area (Å²) in [4.78, 5) is 38.7. The zero-order valence-corrected chi connectivity index (χ0v) is 15.3. The number of hydrogen-bond acceptors (Lipinski definition) is 4. The Labute approximate surface area is 158 Å². The van der Waals surface area contributed by atoms with E-state index in [1.54, 1.807) is 0 Å². The monoisotopic (exact) mass is 366 g/mol. The van der Waals surface area contributed by atoms with Crippen molar-refractivity contribution in [2.45, 2.75) is 31.3 Å². The number of methoxy groups -OCH3 is 1. The molecule has 0 saturated carbocycles. The predicted octanol–water partition coefficient (Wildman–Crippen LogP) is 2.84. The van der Waals surface area contributed by atoms with Crippen molar-refractivity contribution >= 4 is 17.9 Å². The van der Waals surface area contributed by atoms with Gasteiger partial charge in [-0.3, -0.25) is 4.79 Å². The molecule has 1 saturated heterocycles. The van der Waals surface area contributed by atoms with Gasteiger partial charge in [0.15, 0.2) is 5.54 Å². The number of imide groups is 1. The van der Waals surface area contributed by atoms with Crippen LogP contribution in [0.5, 0.6) is 0 Å². The number of amides is 3. The highest BCUT2D eigenvalue weighted by Gasteiger charge is 2.60. The molecule has 2 aromatic rings. The molecule has 0 bridgehead atoms. The summed E-state index contributed by atoms with van der Waals surface area (Å²) in [7, 11) is 1.26. The molecular formula is C21H22N2O4. The van der Waals surface area contributed by atoms with Crippen LogP contribution in [0.1, 0.15) is 30.5 Å². The van der Waals surface area contributed by atoms with Crippen molar-refractivity contribution in [3.63, 3.8) is 0 Å². The number of hydrogen-bond donors (Lipinski definition) is 1. The number of carbonyl (C=O) groups excluding carboxylic acids is 3. The number of nitrogens with zero attached hydrogens (tertiary/aromatic N) is 1. The number of carbonyl (C=O) groups is 3. The van der Waals surface area contributed by atoms with Crippen LogP contribution in [0.25, 0.3) is 0 Å². The molecule has 1 aliphatic heterocycles. The molecule has 140 valence electrons. The molecule has 6 nitrogen and oxygen atoms in total. The van der Waals surface area contributed by atoms with E-state index >= 15 is 0 Å². The van der Waals surface area contributed by atoms with E-state index in [9.17, 15) is 14.4 Å². The molecule has 3 rings (SSSR count). The van der Waals surface area contributed by atoms with Gasteiger partial charge in [0.25, 0.3) is 0 Å². The lowest BCUT2D eigenvalue weighted by molar-refractivity contribution is -0.172. The van der Waals surface area contributed by atoms with Crippen molar-refractivity contribution in [2.24, 2.45) is 0 Å². The van der Waals surface area contributed by atoms with Gasteiger partial charge in [0.05, 0.1) is 19.6 Å². The molecule has 27 heavy (non-hydrogen) atoms. The van der Waals surface area contributed by atoms with Crippen molar-refractivity contribution in [2.75, 3.05) is 7.11 Å². The minimum Gasteiger partial charge on any atom is -0.467 e. The molecule has 1 N–H and O–H groups in total. The number of nitrogens with one attached hydrogen (secondary N) is 1.